The molecule has 0 N–H and O–H groups in total. The topological polar surface area (TPSA) is 43.6 Å². The third-order valence-corrected chi connectivity index (χ3v) is 2.32. The SMILES string of the molecule is CCc1ccnn1-c1nccc(Br)n1. The second kappa shape index (κ2) is 3.88. The van der Waals surface area contributed by atoms with Gasteiger partial charge in [0.05, 0.1) is 0 Å². The van der Waals surface area contributed by atoms with Gasteiger partial charge in [-0.15, -0.1) is 0 Å². The van der Waals surface area contributed by atoms with E-state index in [9.17, 15) is 0 Å². The van der Waals surface area contributed by atoms with Crippen LogP contribution in [0.5, 0.6) is 0 Å². The Balaban J connectivity index is 2.49. The van der Waals surface area contributed by atoms with E-state index in [0.29, 0.717) is 5.95 Å². The highest BCUT2D eigenvalue weighted by atomic mass is 79.9. The van der Waals surface area contributed by atoms with Gasteiger partial charge in [-0.2, -0.15) is 5.10 Å². The normalized spacial score (nSPS) is 10.4. The lowest BCUT2D eigenvalue weighted by molar-refractivity contribution is 0.757. The van der Waals surface area contributed by atoms with Gasteiger partial charge in [-0.1, -0.05) is 6.92 Å². The van der Waals surface area contributed by atoms with E-state index in [4.69, 9.17) is 0 Å². The fourth-order valence-electron chi connectivity index (χ4n) is 1.21. The number of hydrogen-bond acceptors (Lipinski definition) is 3. The molecule has 0 saturated carbocycles. The van der Waals surface area contributed by atoms with E-state index < -0.39 is 0 Å². The van der Waals surface area contributed by atoms with Crippen LogP contribution in [0.15, 0.2) is 29.1 Å². The van der Waals surface area contributed by atoms with Gasteiger partial charge in [0.15, 0.2) is 0 Å². The molecule has 0 aromatic carbocycles. The quantitative estimate of drug-likeness (QED) is 0.768. The zero-order valence-electron chi connectivity index (χ0n) is 7.68. The van der Waals surface area contributed by atoms with Crippen LogP contribution in [0.4, 0.5) is 0 Å². The number of nitrogens with zero attached hydrogens (tertiary/aromatic N) is 4. The molecular weight excluding hydrogens is 244 g/mol. The van der Waals surface area contributed by atoms with E-state index in [0.717, 1.165) is 16.7 Å². The number of rotatable bonds is 2. The van der Waals surface area contributed by atoms with E-state index in [1.807, 2.05) is 6.07 Å². The van der Waals surface area contributed by atoms with Crippen LogP contribution in [0, 0.1) is 0 Å². The summed E-state index contributed by atoms with van der Waals surface area (Å²) in [5.74, 6) is 0.598. The lowest BCUT2D eigenvalue weighted by Gasteiger charge is -2.02. The molecule has 0 fully saturated rings. The highest BCUT2D eigenvalue weighted by molar-refractivity contribution is 9.10. The van der Waals surface area contributed by atoms with Crippen LogP contribution >= 0.6 is 15.9 Å². The summed E-state index contributed by atoms with van der Waals surface area (Å²) in [7, 11) is 0. The Hall–Kier alpha value is -1.23. The number of aromatic nitrogens is 4. The maximum absolute atomic E-state index is 4.23. The van der Waals surface area contributed by atoms with E-state index >= 15 is 0 Å². The standard InChI is InChI=1S/C9H9BrN4/c1-2-7-3-6-12-14(7)9-11-5-4-8(10)13-9/h3-6H,2H2,1H3. The van der Waals surface area contributed by atoms with Gasteiger partial charge in [-0.25, -0.2) is 14.6 Å². The molecule has 0 unspecified atom stereocenters. The molecule has 2 aromatic rings. The van der Waals surface area contributed by atoms with Crippen molar-refractivity contribution in [2.75, 3.05) is 0 Å². The molecule has 2 aromatic heterocycles. The summed E-state index contributed by atoms with van der Waals surface area (Å²) < 4.78 is 2.50. The molecule has 2 heterocycles. The lowest BCUT2D eigenvalue weighted by atomic mass is 10.3. The fourth-order valence-corrected chi connectivity index (χ4v) is 1.48. The number of hydrogen-bond donors (Lipinski definition) is 0. The Morgan fingerprint density at radius 1 is 1.36 bits per heavy atom. The monoisotopic (exact) mass is 252 g/mol. The molecule has 0 bridgehead atoms. The fraction of sp³-hybridized carbons (Fsp3) is 0.222. The van der Waals surface area contributed by atoms with Gasteiger partial charge in [0.1, 0.15) is 4.60 Å². The molecule has 0 spiro atoms. The minimum absolute atomic E-state index is 0.598. The van der Waals surface area contributed by atoms with Crippen LogP contribution < -0.4 is 0 Å². The summed E-state index contributed by atoms with van der Waals surface area (Å²) in [4.78, 5) is 8.38. The van der Waals surface area contributed by atoms with Crippen LogP contribution in [0.1, 0.15) is 12.6 Å². The highest BCUT2D eigenvalue weighted by Gasteiger charge is 2.05. The molecule has 0 aliphatic carbocycles. The van der Waals surface area contributed by atoms with Crippen LogP contribution in [0.3, 0.4) is 0 Å². The van der Waals surface area contributed by atoms with Crippen LogP contribution in [0.25, 0.3) is 5.95 Å². The Labute approximate surface area is 90.1 Å². The van der Waals surface area contributed by atoms with E-state index in [-0.39, 0.29) is 0 Å². The van der Waals surface area contributed by atoms with Crippen molar-refractivity contribution in [3.63, 3.8) is 0 Å². The molecule has 4 nitrogen and oxygen atoms in total. The highest BCUT2D eigenvalue weighted by Crippen LogP contribution is 2.09. The predicted molar refractivity (Wildman–Crippen MR) is 56.2 cm³/mol. The van der Waals surface area contributed by atoms with Crippen molar-refractivity contribution in [2.45, 2.75) is 13.3 Å². The van der Waals surface area contributed by atoms with E-state index in [1.165, 1.54) is 0 Å². The van der Waals surface area contributed by atoms with Gasteiger partial charge >= 0.3 is 0 Å². The Bertz CT molecular complexity index is 438. The first-order valence-corrected chi connectivity index (χ1v) is 5.12. The van der Waals surface area contributed by atoms with Crippen LogP contribution in [0.2, 0.25) is 0 Å². The molecule has 14 heavy (non-hydrogen) atoms. The average molecular weight is 253 g/mol. The summed E-state index contributed by atoms with van der Waals surface area (Å²) in [6, 6.07) is 3.75. The number of aryl methyl sites for hydroxylation is 1. The van der Waals surface area contributed by atoms with Crippen molar-refractivity contribution in [3.05, 3.63) is 34.8 Å². The molecule has 0 atom stereocenters. The molecule has 0 aliphatic rings. The molecule has 5 heteroatoms. The predicted octanol–water partition coefficient (Wildman–Crippen LogP) is 1.99. The van der Waals surface area contributed by atoms with Gasteiger partial charge in [-0.3, -0.25) is 0 Å². The van der Waals surface area contributed by atoms with E-state index in [2.05, 4.69) is 37.9 Å². The van der Waals surface area contributed by atoms with E-state index in [1.54, 1.807) is 23.1 Å². The summed E-state index contributed by atoms with van der Waals surface area (Å²) in [5.41, 5.74) is 1.10. The maximum atomic E-state index is 4.23. The first-order chi connectivity index (χ1) is 6.81. The second-order valence-electron chi connectivity index (χ2n) is 2.77. The maximum Gasteiger partial charge on any atom is 0.251 e. The molecule has 0 aliphatic heterocycles. The molecule has 0 amide bonds. The summed E-state index contributed by atoms with van der Waals surface area (Å²) >= 11 is 3.30. The zero-order chi connectivity index (χ0) is 9.97. The minimum Gasteiger partial charge on any atom is -0.220 e. The van der Waals surface area contributed by atoms with Crippen molar-refractivity contribution >= 4 is 15.9 Å². The summed E-state index contributed by atoms with van der Waals surface area (Å²) in [5, 5.41) is 4.17. The van der Waals surface area contributed by atoms with Crippen molar-refractivity contribution in [2.24, 2.45) is 0 Å². The average Bonchev–Trinajstić information content (AvgIpc) is 2.65. The van der Waals surface area contributed by atoms with Gasteiger partial charge < -0.3 is 0 Å². The molecule has 2 rings (SSSR count). The van der Waals surface area contributed by atoms with Crippen LogP contribution in [-0.4, -0.2) is 19.7 Å². The number of halogens is 1. The third kappa shape index (κ3) is 1.68. The van der Waals surface area contributed by atoms with Crippen molar-refractivity contribution in [1.82, 2.24) is 19.7 Å². The Morgan fingerprint density at radius 3 is 2.93 bits per heavy atom. The van der Waals surface area contributed by atoms with Crippen LogP contribution in [-0.2, 0) is 6.42 Å². The molecule has 0 saturated heterocycles. The molecule has 72 valence electrons. The van der Waals surface area contributed by atoms with Crippen molar-refractivity contribution in [3.8, 4) is 5.95 Å². The largest absolute Gasteiger partial charge is 0.251 e. The summed E-state index contributed by atoms with van der Waals surface area (Å²) in [6.45, 7) is 2.07. The molecular formula is C9H9BrN4. The Kier molecular flexibility index (Phi) is 2.58. The van der Waals surface area contributed by atoms with Crippen molar-refractivity contribution in [1.29, 1.82) is 0 Å². The first-order valence-electron chi connectivity index (χ1n) is 4.33. The zero-order valence-corrected chi connectivity index (χ0v) is 9.27. The third-order valence-electron chi connectivity index (χ3n) is 1.88. The smallest absolute Gasteiger partial charge is 0.220 e. The minimum atomic E-state index is 0.598. The first kappa shape index (κ1) is 9.33. The molecule has 0 radical (unpaired) electrons. The van der Waals surface area contributed by atoms with Gasteiger partial charge in [-0.05, 0) is 34.5 Å². The van der Waals surface area contributed by atoms with Gasteiger partial charge in [0.25, 0.3) is 5.95 Å². The Morgan fingerprint density at radius 2 is 2.21 bits per heavy atom. The van der Waals surface area contributed by atoms with Crippen molar-refractivity contribution < 1.29 is 0 Å². The summed E-state index contributed by atoms with van der Waals surface area (Å²) in [6.07, 6.45) is 4.37. The second-order valence-corrected chi connectivity index (χ2v) is 3.58. The van der Waals surface area contributed by atoms with Gasteiger partial charge in [0.2, 0.25) is 0 Å². The van der Waals surface area contributed by atoms with Gasteiger partial charge in [0, 0.05) is 18.1 Å². The lowest BCUT2D eigenvalue weighted by Crippen LogP contribution is -2.05.